The van der Waals surface area contributed by atoms with E-state index < -0.39 is 6.04 Å². The number of methoxy groups -OCH3 is 2. The van der Waals surface area contributed by atoms with Crippen molar-refractivity contribution >= 4 is 11.7 Å². The minimum absolute atomic E-state index is 0.117. The van der Waals surface area contributed by atoms with Gasteiger partial charge in [0.15, 0.2) is 5.78 Å². The largest absolute Gasteiger partial charge is 0.497 e. The third-order valence-electron chi connectivity index (χ3n) is 4.43. The fraction of sp³-hybridized carbons (Fsp3) is 0.250. The number of Topliss-reactive ketones (excluding diaryl/α,β-unsaturated/α-hetero) is 1. The molecule has 3 aromatic rings. The van der Waals surface area contributed by atoms with Crippen molar-refractivity contribution in [3.63, 3.8) is 0 Å². The van der Waals surface area contributed by atoms with Crippen LogP contribution < -0.4 is 14.8 Å². The molecule has 146 valence electrons. The first-order valence-electron chi connectivity index (χ1n) is 8.63. The Balaban J connectivity index is 2.00. The summed E-state index contributed by atoms with van der Waals surface area (Å²) in [4.78, 5) is 31.6. The van der Waals surface area contributed by atoms with E-state index in [-0.39, 0.29) is 11.7 Å². The number of benzene rings is 1. The molecular weight excluding hydrogens is 360 g/mol. The van der Waals surface area contributed by atoms with Crippen LogP contribution in [0.3, 0.4) is 0 Å². The van der Waals surface area contributed by atoms with Crippen LogP contribution in [0.15, 0.2) is 42.9 Å². The summed E-state index contributed by atoms with van der Waals surface area (Å²) in [6.07, 6.45) is 4.98. The van der Waals surface area contributed by atoms with Gasteiger partial charge in [0.1, 0.15) is 29.1 Å². The van der Waals surface area contributed by atoms with Gasteiger partial charge in [-0.2, -0.15) is 0 Å². The molecule has 0 saturated carbocycles. The minimum Gasteiger partial charge on any atom is -0.497 e. The number of hydrogen-bond acceptors (Lipinski definition) is 5. The summed E-state index contributed by atoms with van der Waals surface area (Å²) in [5, 5.41) is 2.97. The van der Waals surface area contributed by atoms with Crippen molar-refractivity contribution in [3.8, 4) is 11.5 Å². The van der Waals surface area contributed by atoms with Crippen LogP contribution in [0.2, 0.25) is 0 Å². The zero-order chi connectivity index (χ0) is 20.3. The maximum Gasteiger partial charge on any atom is 0.268 e. The van der Waals surface area contributed by atoms with Crippen LogP contribution in [-0.4, -0.2) is 40.4 Å². The number of carbonyl (C=O) groups excluding carboxylic acids is 2. The Morgan fingerprint density at radius 1 is 1.14 bits per heavy atom. The summed E-state index contributed by atoms with van der Waals surface area (Å²) in [7, 11) is 4.98. The standard InChI is InChI=1S/C20H22N4O4/c1-12(25)14-9-17(22-11-14)20(26)23-18(19-21-5-6-24(19)2)13-7-15(27-3)10-16(8-13)28-4/h5-11,18,22H,1-4H3,(H,23,26)/t18-/m1/s1. The summed E-state index contributed by atoms with van der Waals surface area (Å²) in [5.74, 6) is 1.36. The normalized spacial score (nSPS) is 11.7. The van der Waals surface area contributed by atoms with Crippen molar-refractivity contribution in [2.45, 2.75) is 13.0 Å². The number of ketones is 1. The highest BCUT2D eigenvalue weighted by Crippen LogP contribution is 2.29. The topological polar surface area (TPSA) is 98.2 Å². The monoisotopic (exact) mass is 382 g/mol. The van der Waals surface area contributed by atoms with E-state index in [4.69, 9.17) is 9.47 Å². The van der Waals surface area contributed by atoms with Gasteiger partial charge >= 0.3 is 0 Å². The Morgan fingerprint density at radius 2 is 1.82 bits per heavy atom. The molecule has 2 heterocycles. The molecule has 8 heteroatoms. The Labute approximate surface area is 162 Å². The highest BCUT2D eigenvalue weighted by molar-refractivity contribution is 5.99. The van der Waals surface area contributed by atoms with E-state index in [1.165, 1.54) is 19.2 Å². The highest BCUT2D eigenvalue weighted by atomic mass is 16.5. The van der Waals surface area contributed by atoms with Crippen molar-refractivity contribution < 1.29 is 19.1 Å². The second-order valence-electron chi connectivity index (χ2n) is 6.31. The van der Waals surface area contributed by atoms with Crippen LogP contribution in [0.1, 0.15) is 45.2 Å². The van der Waals surface area contributed by atoms with Crippen molar-refractivity contribution in [2.75, 3.05) is 14.2 Å². The number of carbonyl (C=O) groups is 2. The van der Waals surface area contributed by atoms with Crippen LogP contribution in [0, 0.1) is 0 Å². The first-order chi connectivity index (χ1) is 13.4. The molecule has 0 aliphatic rings. The zero-order valence-electron chi connectivity index (χ0n) is 16.1. The molecule has 28 heavy (non-hydrogen) atoms. The molecular formula is C20H22N4O4. The summed E-state index contributed by atoms with van der Waals surface area (Å²) < 4.78 is 12.5. The SMILES string of the molecule is COc1cc(OC)cc([C@@H](NC(=O)c2cc(C(C)=O)c[nH]2)c2nccn2C)c1. The van der Waals surface area contributed by atoms with Crippen molar-refractivity contribution in [1.29, 1.82) is 0 Å². The number of rotatable bonds is 7. The molecule has 0 saturated heterocycles. The first kappa shape index (κ1) is 19.2. The average Bonchev–Trinajstić information content (AvgIpc) is 3.35. The number of aryl methyl sites for hydroxylation is 1. The molecule has 3 rings (SSSR count). The molecule has 8 nitrogen and oxygen atoms in total. The Morgan fingerprint density at radius 3 is 2.32 bits per heavy atom. The van der Waals surface area contributed by atoms with Gasteiger partial charge in [-0.1, -0.05) is 0 Å². The third kappa shape index (κ3) is 3.90. The Hall–Kier alpha value is -3.55. The van der Waals surface area contributed by atoms with Crippen LogP contribution in [0.5, 0.6) is 11.5 Å². The van der Waals surface area contributed by atoms with Crippen LogP contribution in [0.25, 0.3) is 0 Å². The lowest BCUT2D eigenvalue weighted by Crippen LogP contribution is -2.31. The first-order valence-corrected chi connectivity index (χ1v) is 8.63. The van der Waals surface area contributed by atoms with Crippen molar-refractivity contribution in [3.05, 3.63) is 65.5 Å². The van der Waals surface area contributed by atoms with E-state index >= 15 is 0 Å². The predicted molar refractivity (Wildman–Crippen MR) is 103 cm³/mol. The molecule has 1 atom stereocenters. The van der Waals surface area contributed by atoms with Gasteiger partial charge in [-0.15, -0.1) is 0 Å². The smallest absolute Gasteiger partial charge is 0.268 e. The molecule has 2 N–H and O–H groups in total. The fourth-order valence-electron chi connectivity index (χ4n) is 2.89. The van der Waals surface area contributed by atoms with Gasteiger partial charge in [-0.25, -0.2) is 4.98 Å². The van der Waals surface area contributed by atoms with Gasteiger partial charge in [0.2, 0.25) is 0 Å². The molecule has 0 fully saturated rings. The number of aromatic nitrogens is 3. The second kappa shape index (κ2) is 7.99. The predicted octanol–water partition coefficient (Wildman–Crippen LogP) is 2.49. The second-order valence-corrected chi connectivity index (χ2v) is 6.31. The van der Waals surface area contributed by atoms with E-state index in [1.54, 1.807) is 32.7 Å². The summed E-state index contributed by atoms with van der Waals surface area (Å²) >= 11 is 0. The van der Waals surface area contributed by atoms with E-state index in [0.29, 0.717) is 28.6 Å². The fourth-order valence-corrected chi connectivity index (χ4v) is 2.89. The van der Waals surface area contributed by atoms with Crippen molar-refractivity contribution in [2.24, 2.45) is 7.05 Å². The molecule has 0 unspecified atom stereocenters. The Kier molecular flexibility index (Phi) is 5.49. The number of H-pyrrole nitrogens is 1. The number of aromatic amines is 1. The zero-order valence-corrected chi connectivity index (χ0v) is 16.1. The molecule has 2 aromatic heterocycles. The summed E-state index contributed by atoms with van der Waals surface area (Å²) in [6.45, 7) is 1.45. The van der Waals surface area contributed by atoms with E-state index in [0.717, 1.165) is 5.56 Å². The molecule has 0 radical (unpaired) electrons. The quantitative estimate of drug-likeness (QED) is 0.612. The number of nitrogens with one attached hydrogen (secondary N) is 2. The lowest BCUT2D eigenvalue weighted by molar-refractivity contribution is 0.0936. The lowest BCUT2D eigenvalue weighted by atomic mass is 10.0. The minimum atomic E-state index is -0.555. The molecule has 0 aliphatic carbocycles. The maximum atomic E-state index is 12.8. The number of amides is 1. The number of ether oxygens (including phenoxy) is 2. The average molecular weight is 382 g/mol. The van der Waals surface area contributed by atoms with Crippen LogP contribution >= 0.6 is 0 Å². The molecule has 1 aromatic carbocycles. The van der Waals surface area contributed by atoms with Crippen LogP contribution in [0.4, 0.5) is 0 Å². The summed E-state index contributed by atoms with van der Waals surface area (Å²) in [5.41, 5.74) is 1.48. The van der Waals surface area contributed by atoms with Gasteiger partial charge < -0.3 is 24.3 Å². The van der Waals surface area contributed by atoms with Gasteiger partial charge in [0.05, 0.1) is 14.2 Å². The van der Waals surface area contributed by atoms with Gasteiger partial charge in [-0.05, 0) is 30.7 Å². The molecule has 1 amide bonds. The van der Waals surface area contributed by atoms with Crippen molar-refractivity contribution in [1.82, 2.24) is 19.9 Å². The van der Waals surface area contributed by atoms with Gasteiger partial charge in [-0.3, -0.25) is 9.59 Å². The van der Waals surface area contributed by atoms with Gasteiger partial charge in [0.25, 0.3) is 5.91 Å². The number of hydrogen-bond donors (Lipinski definition) is 2. The Bertz CT molecular complexity index is 983. The molecule has 0 aliphatic heterocycles. The third-order valence-corrected chi connectivity index (χ3v) is 4.43. The van der Waals surface area contributed by atoms with E-state index in [9.17, 15) is 9.59 Å². The van der Waals surface area contributed by atoms with Gasteiger partial charge in [0, 0.05) is 37.3 Å². The molecule has 0 spiro atoms. The summed E-state index contributed by atoms with van der Waals surface area (Å²) in [6, 6.07) is 6.36. The molecule has 0 bridgehead atoms. The highest BCUT2D eigenvalue weighted by Gasteiger charge is 2.24. The number of imidazole rings is 1. The lowest BCUT2D eigenvalue weighted by Gasteiger charge is -2.20. The maximum absolute atomic E-state index is 12.8. The number of nitrogens with zero attached hydrogens (tertiary/aromatic N) is 2. The van der Waals surface area contributed by atoms with E-state index in [2.05, 4.69) is 15.3 Å². The van der Waals surface area contributed by atoms with E-state index in [1.807, 2.05) is 23.7 Å². The van der Waals surface area contributed by atoms with Crippen LogP contribution in [-0.2, 0) is 7.05 Å².